The van der Waals surface area contributed by atoms with E-state index in [1.165, 1.54) is 0 Å². The molecule has 1 saturated carbocycles. The molecule has 0 aromatic heterocycles. The summed E-state index contributed by atoms with van der Waals surface area (Å²) in [7, 11) is 0. The van der Waals surface area contributed by atoms with E-state index in [1.54, 1.807) is 13.8 Å². The van der Waals surface area contributed by atoms with E-state index in [2.05, 4.69) is 0 Å². The van der Waals surface area contributed by atoms with Crippen molar-refractivity contribution in [2.75, 3.05) is 0 Å². The van der Waals surface area contributed by atoms with Gasteiger partial charge < -0.3 is 5.11 Å². The van der Waals surface area contributed by atoms with Crippen molar-refractivity contribution >= 4 is 11.8 Å². The van der Waals surface area contributed by atoms with Gasteiger partial charge in [0, 0.05) is 5.92 Å². The quantitative estimate of drug-likeness (QED) is 0.677. The molecule has 1 atom stereocenters. The first-order valence-electron chi connectivity index (χ1n) is 4.80. The Kier molecular flexibility index (Phi) is 3.07. The Balaban J connectivity index is 2.63. The molecule has 0 amide bonds. The van der Waals surface area contributed by atoms with Gasteiger partial charge in [-0.25, -0.2) is 0 Å². The lowest BCUT2D eigenvalue weighted by Crippen LogP contribution is -2.36. The van der Waals surface area contributed by atoms with Gasteiger partial charge in [0.1, 0.15) is 11.7 Å². The maximum atomic E-state index is 11.6. The number of carboxylic acids is 1. The number of ketones is 1. The summed E-state index contributed by atoms with van der Waals surface area (Å²) in [5.41, 5.74) is 0. The van der Waals surface area contributed by atoms with Crippen molar-refractivity contribution in [3.05, 3.63) is 0 Å². The van der Waals surface area contributed by atoms with Crippen LogP contribution in [0.4, 0.5) is 0 Å². The van der Waals surface area contributed by atoms with Gasteiger partial charge >= 0.3 is 5.97 Å². The number of hydrogen-bond acceptors (Lipinski definition) is 2. The molecule has 1 aliphatic carbocycles. The highest BCUT2D eigenvalue weighted by atomic mass is 16.4. The fourth-order valence-electron chi connectivity index (χ4n) is 1.68. The molecule has 0 bridgehead atoms. The topological polar surface area (TPSA) is 54.4 Å². The summed E-state index contributed by atoms with van der Waals surface area (Å²) in [5, 5.41) is 8.86. The predicted octanol–water partition coefficient (Wildman–Crippen LogP) is 1.71. The highest BCUT2D eigenvalue weighted by Gasteiger charge is 2.36. The SMILES string of the molecule is CC(C)C(C(=O)O)C(=O)C1CCC1. The number of aliphatic carboxylic acids is 1. The van der Waals surface area contributed by atoms with Crippen molar-refractivity contribution in [2.24, 2.45) is 17.8 Å². The van der Waals surface area contributed by atoms with Crippen LogP contribution in [0.25, 0.3) is 0 Å². The van der Waals surface area contributed by atoms with Gasteiger partial charge in [-0.2, -0.15) is 0 Å². The fourth-order valence-corrected chi connectivity index (χ4v) is 1.68. The maximum Gasteiger partial charge on any atom is 0.314 e. The smallest absolute Gasteiger partial charge is 0.314 e. The highest BCUT2D eigenvalue weighted by molar-refractivity contribution is 5.99. The third kappa shape index (κ3) is 2.08. The molecule has 3 heteroatoms. The zero-order chi connectivity index (χ0) is 10.0. The number of Topliss-reactive ketones (excluding diaryl/α,β-unsaturated/α-hetero) is 1. The first kappa shape index (κ1) is 10.2. The average molecular weight is 184 g/mol. The second-order valence-electron chi connectivity index (χ2n) is 4.09. The maximum absolute atomic E-state index is 11.6. The van der Waals surface area contributed by atoms with Crippen molar-refractivity contribution in [1.82, 2.24) is 0 Å². The zero-order valence-corrected chi connectivity index (χ0v) is 8.12. The molecule has 0 spiro atoms. The monoisotopic (exact) mass is 184 g/mol. The molecule has 13 heavy (non-hydrogen) atoms. The Hall–Kier alpha value is -0.860. The minimum absolute atomic E-state index is 0.0310. The summed E-state index contributed by atoms with van der Waals surface area (Å²) < 4.78 is 0. The summed E-state index contributed by atoms with van der Waals surface area (Å²) in [6.07, 6.45) is 2.84. The molecule has 1 aliphatic rings. The molecule has 1 rings (SSSR count). The van der Waals surface area contributed by atoms with Crippen molar-refractivity contribution in [3.63, 3.8) is 0 Å². The van der Waals surface area contributed by atoms with Gasteiger partial charge in [0.2, 0.25) is 0 Å². The fraction of sp³-hybridized carbons (Fsp3) is 0.800. The van der Waals surface area contributed by atoms with E-state index in [9.17, 15) is 9.59 Å². The molecular formula is C10H16O3. The molecule has 1 N–H and O–H groups in total. The number of carboxylic acid groups (broad SMARTS) is 1. The first-order chi connectivity index (χ1) is 6.04. The molecule has 0 radical (unpaired) electrons. The Labute approximate surface area is 78.1 Å². The number of carbonyl (C=O) groups excluding carboxylic acids is 1. The van der Waals surface area contributed by atoms with E-state index in [1.807, 2.05) is 0 Å². The predicted molar refractivity (Wildman–Crippen MR) is 48.3 cm³/mol. The van der Waals surface area contributed by atoms with E-state index >= 15 is 0 Å². The van der Waals surface area contributed by atoms with Crippen molar-refractivity contribution in [3.8, 4) is 0 Å². The lowest BCUT2D eigenvalue weighted by atomic mass is 9.75. The molecule has 74 valence electrons. The lowest BCUT2D eigenvalue weighted by Gasteiger charge is -2.27. The highest BCUT2D eigenvalue weighted by Crippen LogP contribution is 2.31. The summed E-state index contributed by atoms with van der Waals surface area (Å²) in [4.78, 5) is 22.4. The molecule has 0 saturated heterocycles. The number of rotatable bonds is 4. The molecule has 1 fully saturated rings. The molecule has 1 unspecified atom stereocenters. The Morgan fingerprint density at radius 1 is 1.31 bits per heavy atom. The minimum atomic E-state index is -0.966. The van der Waals surface area contributed by atoms with Crippen molar-refractivity contribution in [1.29, 1.82) is 0 Å². The first-order valence-corrected chi connectivity index (χ1v) is 4.80. The van der Waals surface area contributed by atoms with Gasteiger partial charge in [0.15, 0.2) is 0 Å². The van der Waals surface area contributed by atoms with E-state index in [0.717, 1.165) is 19.3 Å². The Morgan fingerprint density at radius 2 is 1.85 bits per heavy atom. The van der Waals surface area contributed by atoms with Gasteiger partial charge in [-0.15, -0.1) is 0 Å². The average Bonchev–Trinajstić information content (AvgIpc) is 1.79. The second-order valence-corrected chi connectivity index (χ2v) is 4.09. The molecule has 0 aromatic rings. The minimum Gasteiger partial charge on any atom is -0.481 e. The van der Waals surface area contributed by atoms with Gasteiger partial charge in [-0.3, -0.25) is 9.59 Å². The molecule has 0 heterocycles. The molecule has 0 aromatic carbocycles. The second kappa shape index (κ2) is 3.90. The van der Waals surface area contributed by atoms with Crippen LogP contribution in [-0.2, 0) is 9.59 Å². The summed E-state index contributed by atoms with van der Waals surface area (Å²) in [5.74, 6) is -1.87. The number of carbonyl (C=O) groups is 2. The van der Waals surface area contributed by atoms with E-state index < -0.39 is 11.9 Å². The summed E-state index contributed by atoms with van der Waals surface area (Å²) >= 11 is 0. The normalized spacial score (nSPS) is 19.6. The third-order valence-electron chi connectivity index (χ3n) is 2.75. The van der Waals surface area contributed by atoms with Crippen LogP contribution in [-0.4, -0.2) is 16.9 Å². The summed E-state index contributed by atoms with van der Waals surface area (Å²) in [6.45, 7) is 3.57. The van der Waals surface area contributed by atoms with Crippen molar-refractivity contribution < 1.29 is 14.7 Å². The van der Waals surface area contributed by atoms with Crippen LogP contribution in [0.15, 0.2) is 0 Å². The van der Waals surface area contributed by atoms with Gasteiger partial charge in [0.05, 0.1) is 0 Å². The molecular weight excluding hydrogens is 168 g/mol. The van der Waals surface area contributed by atoms with Crippen LogP contribution in [0.2, 0.25) is 0 Å². The third-order valence-corrected chi connectivity index (χ3v) is 2.75. The van der Waals surface area contributed by atoms with Gasteiger partial charge in [0.25, 0.3) is 0 Å². The molecule has 0 aliphatic heterocycles. The summed E-state index contributed by atoms with van der Waals surface area (Å²) in [6, 6.07) is 0. The van der Waals surface area contributed by atoms with E-state index in [0.29, 0.717) is 0 Å². The Bertz CT molecular complexity index is 216. The number of hydrogen-bond donors (Lipinski definition) is 1. The largest absolute Gasteiger partial charge is 0.481 e. The van der Waals surface area contributed by atoms with E-state index in [4.69, 9.17) is 5.11 Å². The Morgan fingerprint density at radius 3 is 2.08 bits per heavy atom. The van der Waals surface area contributed by atoms with Crippen LogP contribution in [0.5, 0.6) is 0 Å². The van der Waals surface area contributed by atoms with Gasteiger partial charge in [-0.1, -0.05) is 20.3 Å². The van der Waals surface area contributed by atoms with Crippen LogP contribution in [0.1, 0.15) is 33.1 Å². The van der Waals surface area contributed by atoms with E-state index in [-0.39, 0.29) is 17.6 Å². The van der Waals surface area contributed by atoms with Gasteiger partial charge in [-0.05, 0) is 18.8 Å². The van der Waals surface area contributed by atoms with Crippen LogP contribution < -0.4 is 0 Å². The standard InChI is InChI=1S/C10H16O3/c1-6(2)8(10(12)13)9(11)7-4-3-5-7/h6-8H,3-5H2,1-2H3,(H,12,13). The van der Waals surface area contributed by atoms with Crippen LogP contribution in [0, 0.1) is 17.8 Å². The molecule has 3 nitrogen and oxygen atoms in total. The lowest BCUT2D eigenvalue weighted by molar-refractivity contribution is -0.150. The zero-order valence-electron chi connectivity index (χ0n) is 8.12. The van der Waals surface area contributed by atoms with Crippen LogP contribution in [0.3, 0.4) is 0 Å². The van der Waals surface area contributed by atoms with Crippen molar-refractivity contribution in [2.45, 2.75) is 33.1 Å². The van der Waals surface area contributed by atoms with Crippen LogP contribution >= 0.6 is 0 Å².